The average Bonchev–Trinajstić information content (AvgIpc) is 2.80. The molecule has 0 unspecified atom stereocenters. The minimum atomic E-state index is -0.387. The van der Waals surface area contributed by atoms with Gasteiger partial charge in [-0.2, -0.15) is 0 Å². The number of hydrogen-bond donors (Lipinski definition) is 2. The first kappa shape index (κ1) is 15.1. The second kappa shape index (κ2) is 6.15. The Labute approximate surface area is 133 Å². The third kappa shape index (κ3) is 2.92. The Kier molecular flexibility index (Phi) is 4.05. The van der Waals surface area contributed by atoms with E-state index < -0.39 is 0 Å². The number of rotatable bonds is 4. The number of nitrogens with zero attached hydrogens (tertiary/aromatic N) is 2. The molecule has 0 radical (unpaired) electrons. The second-order valence-electron chi connectivity index (χ2n) is 5.34. The molecule has 23 heavy (non-hydrogen) atoms. The molecule has 2 N–H and O–H groups in total. The van der Waals surface area contributed by atoms with Crippen molar-refractivity contribution in [1.82, 2.24) is 15.1 Å². The van der Waals surface area contributed by atoms with E-state index in [1.54, 1.807) is 17.0 Å². The van der Waals surface area contributed by atoms with Crippen molar-refractivity contribution in [2.45, 2.75) is 13.0 Å². The Morgan fingerprint density at radius 3 is 2.74 bits per heavy atom. The van der Waals surface area contributed by atoms with Gasteiger partial charge in [0.15, 0.2) is 0 Å². The van der Waals surface area contributed by atoms with Gasteiger partial charge in [-0.3, -0.25) is 9.69 Å². The van der Waals surface area contributed by atoms with Crippen LogP contribution in [0.2, 0.25) is 0 Å². The van der Waals surface area contributed by atoms with Gasteiger partial charge in [0.1, 0.15) is 5.75 Å². The minimum Gasteiger partial charge on any atom is -0.492 e. The van der Waals surface area contributed by atoms with Gasteiger partial charge in [-0.15, -0.1) is 0 Å². The van der Waals surface area contributed by atoms with Crippen LogP contribution in [0.3, 0.4) is 0 Å². The number of benzene rings is 1. The molecule has 0 spiro atoms. The number of amides is 5. The molecule has 1 aromatic carbocycles. The molecular weight excluding hydrogens is 300 g/mol. The van der Waals surface area contributed by atoms with Crippen molar-refractivity contribution in [2.24, 2.45) is 0 Å². The van der Waals surface area contributed by atoms with Crippen LogP contribution in [0.25, 0.3) is 0 Å². The van der Waals surface area contributed by atoms with Crippen LogP contribution < -0.4 is 15.4 Å². The monoisotopic (exact) mass is 318 g/mol. The molecular formula is C15H18N4O4. The first-order valence-electron chi connectivity index (χ1n) is 7.47. The van der Waals surface area contributed by atoms with E-state index in [0.717, 1.165) is 0 Å². The van der Waals surface area contributed by atoms with Gasteiger partial charge in [0.05, 0.1) is 24.9 Å². The largest absolute Gasteiger partial charge is 0.492 e. The lowest BCUT2D eigenvalue weighted by Crippen LogP contribution is -2.63. The van der Waals surface area contributed by atoms with Gasteiger partial charge in [0, 0.05) is 13.1 Å². The van der Waals surface area contributed by atoms with E-state index in [0.29, 0.717) is 31.1 Å². The molecule has 8 heteroatoms. The molecule has 1 aromatic rings. The van der Waals surface area contributed by atoms with E-state index in [1.165, 1.54) is 4.90 Å². The molecule has 2 aliphatic heterocycles. The minimum absolute atomic E-state index is 0.0310. The van der Waals surface area contributed by atoms with Gasteiger partial charge in [0.25, 0.3) is 0 Å². The number of hydrogen-bond acceptors (Lipinski definition) is 4. The molecule has 2 saturated heterocycles. The SMILES string of the molecule is CCOc1ccccc1NC(=O)N1CC(N2C(=O)CNC2=O)C1. The number of anilines is 1. The maximum Gasteiger partial charge on any atom is 0.324 e. The van der Waals surface area contributed by atoms with Crippen LogP contribution in [0, 0.1) is 0 Å². The third-order valence-electron chi connectivity index (χ3n) is 3.82. The summed E-state index contributed by atoms with van der Waals surface area (Å²) in [6.07, 6.45) is 0. The van der Waals surface area contributed by atoms with Crippen molar-refractivity contribution >= 4 is 23.7 Å². The summed E-state index contributed by atoms with van der Waals surface area (Å²) in [5, 5.41) is 5.26. The summed E-state index contributed by atoms with van der Waals surface area (Å²) in [6, 6.07) is 6.27. The summed E-state index contributed by atoms with van der Waals surface area (Å²) >= 11 is 0. The van der Waals surface area contributed by atoms with E-state index in [1.807, 2.05) is 19.1 Å². The Morgan fingerprint density at radius 1 is 1.35 bits per heavy atom. The number of likely N-dealkylation sites (tertiary alicyclic amines) is 1. The molecule has 8 nitrogen and oxygen atoms in total. The summed E-state index contributed by atoms with van der Waals surface area (Å²) in [4.78, 5) is 38.1. The lowest BCUT2D eigenvalue weighted by Gasteiger charge is -2.42. The first-order chi connectivity index (χ1) is 11.1. The number of ether oxygens (including phenoxy) is 1. The highest BCUT2D eigenvalue weighted by atomic mass is 16.5. The molecule has 2 aliphatic rings. The molecule has 0 atom stereocenters. The number of nitrogens with one attached hydrogen (secondary N) is 2. The van der Waals surface area contributed by atoms with Crippen molar-refractivity contribution in [3.05, 3.63) is 24.3 Å². The number of para-hydroxylation sites is 2. The highest BCUT2D eigenvalue weighted by molar-refractivity contribution is 6.02. The Bertz CT molecular complexity index is 626. The molecule has 2 fully saturated rings. The van der Waals surface area contributed by atoms with Crippen molar-refractivity contribution < 1.29 is 19.1 Å². The Hall–Kier alpha value is -2.77. The molecule has 5 amide bonds. The fraction of sp³-hybridized carbons (Fsp3) is 0.400. The van der Waals surface area contributed by atoms with Crippen molar-refractivity contribution in [3.8, 4) is 5.75 Å². The zero-order chi connectivity index (χ0) is 16.4. The van der Waals surface area contributed by atoms with E-state index in [4.69, 9.17) is 4.74 Å². The van der Waals surface area contributed by atoms with Gasteiger partial charge >= 0.3 is 12.1 Å². The summed E-state index contributed by atoms with van der Waals surface area (Å²) in [7, 11) is 0. The molecule has 0 bridgehead atoms. The smallest absolute Gasteiger partial charge is 0.324 e. The van der Waals surface area contributed by atoms with Crippen LogP contribution in [0.15, 0.2) is 24.3 Å². The normalized spacial score (nSPS) is 17.8. The third-order valence-corrected chi connectivity index (χ3v) is 3.82. The van der Waals surface area contributed by atoms with Gasteiger partial charge in [-0.1, -0.05) is 12.1 Å². The molecule has 122 valence electrons. The maximum absolute atomic E-state index is 12.2. The summed E-state index contributed by atoms with van der Waals surface area (Å²) in [6.45, 7) is 3.08. The standard InChI is InChI=1S/C15H18N4O4/c1-2-23-12-6-4-3-5-11(12)17-15(22)18-8-10(9-18)19-13(20)7-16-14(19)21/h3-6,10H,2,7-9H2,1H3,(H,16,21)(H,17,22). The van der Waals surface area contributed by atoms with E-state index >= 15 is 0 Å². The summed E-state index contributed by atoms with van der Waals surface area (Å²) in [5.41, 5.74) is 0.595. The zero-order valence-electron chi connectivity index (χ0n) is 12.7. The van der Waals surface area contributed by atoms with Crippen LogP contribution in [-0.2, 0) is 4.79 Å². The topological polar surface area (TPSA) is 91.0 Å². The first-order valence-corrected chi connectivity index (χ1v) is 7.47. The maximum atomic E-state index is 12.2. The Morgan fingerprint density at radius 2 is 2.09 bits per heavy atom. The van der Waals surface area contributed by atoms with Crippen molar-refractivity contribution in [2.75, 3.05) is 31.6 Å². The predicted octanol–water partition coefficient (Wildman–Crippen LogP) is 0.853. The number of carbonyl (C=O) groups excluding carboxylic acids is 3. The van der Waals surface area contributed by atoms with E-state index in [-0.39, 0.29) is 30.6 Å². The average molecular weight is 318 g/mol. The van der Waals surface area contributed by atoms with Crippen molar-refractivity contribution in [1.29, 1.82) is 0 Å². The van der Waals surface area contributed by atoms with Crippen LogP contribution in [0.1, 0.15) is 6.92 Å². The molecule has 0 aliphatic carbocycles. The quantitative estimate of drug-likeness (QED) is 0.805. The van der Waals surface area contributed by atoms with Gasteiger partial charge < -0.3 is 20.3 Å². The zero-order valence-corrected chi connectivity index (χ0v) is 12.7. The van der Waals surface area contributed by atoms with Gasteiger partial charge in [-0.05, 0) is 19.1 Å². The molecule has 3 rings (SSSR count). The Balaban J connectivity index is 1.57. The number of urea groups is 2. The second-order valence-corrected chi connectivity index (χ2v) is 5.34. The number of imide groups is 1. The molecule has 2 heterocycles. The fourth-order valence-corrected chi connectivity index (χ4v) is 2.63. The highest BCUT2D eigenvalue weighted by Gasteiger charge is 2.43. The summed E-state index contributed by atoms with van der Waals surface area (Å²) in [5.74, 6) is 0.358. The lowest BCUT2D eigenvalue weighted by molar-refractivity contribution is -0.128. The van der Waals surface area contributed by atoms with Gasteiger partial charge in [0.2, 0.25) is 5.91 Å². The lowest BCUT2D eigenvalue weighted by atomic mass is 10.1. The molecule has 0 saturated carbocycles. The highest BCUT2D eigenvalue weighted by Crippen LogP contribution is 2.25. The van der Waals surface area contributed by atoms with Crippen LogP contribution in [0.5, 0.6) is 5.75 Å². The van der Waals surface area contributed by atoms with Gasteiger partial charge in [-0.25, -0.2) is 9.59 Å². The summed E-state index contributed by atoms with van der Waals surface area (Å²) < 4.78 is 5.46. The van der Waals surface area contributed by atoms with Crippen LogP contribution in [-0.4, -0.2) is 60.1 Å². The van der Waals surface area contributed by atoms with E-state index in [2.05, 4.69) is 10.6 Å². The predicted molar refractivity (Wildman–Crippen MR) is 82.2 cm³/mol. The van der Waals surface area contributed by atoms with E-state index in [9.17, 15) is 14.4 Å². The number of carbonyl (C=O) groups is 3. The van der Waals surface area contributed by atoms with Crippen LogP contribution >= 0.6 is 0 Å². The molecule has 0 aromatic heterocycles. The van der Waals surface area contributed by atoms with Crippen molar-refractivity contribution in [3.63, 3.8) is 0 Å². The fourth-order valence-electron chi connectivity index (χ4n) is 2.63. The van der Waals surface area contributed by atoms with Crippen LogP contribution in [0.4, 0.5) is 15.3 Å².